The van der Waals surface area contributed by atoms with Crippen LogP contribution < -0.4 is 10.2 Å². The normalized spacial score (nSPS) is 14.1. The molecule has 0 aliphatic heterocycles. The van der Waals surface area contributed by atoms with Gasteiger partial charge in [-0.3, -0.25) is 0 Å². The van der Waals surface area contributed by atoms with Gasteiger partial charge in [-0.1, -0.05) is 49.2 Å². The summed E-state index contributed by atoms with van der Waals surface area (Å²) in [5, 5.41) is 3.54. The van der Waals surface area contributed by atoms with Crippen LogP contribution in [0.1, 0.15) is 52.1 Å². The highest BCUT2D eigenvalue weighted by Gasteiger charge is 2.11. The van der Waals surface area contributed by atoms with Gasteiger partial charge >= 0.3 is 0 Å². The molecule has 0 aliphatic rings. The monoisotopic (exact) mass is 340 g/mol. The van der Waals surface area contributed by atoms with E-state index in [0.717, 1.165) is 25.4 Å². The van der Waals surface area contributed by atoms with E-state index in [0.29, 0.717) is 6.04 Å². The molecule has 2 unspecified atom stereocenters. The molecule has 2 atom stereocenters. The topological polar surface area (TPSA) is 15.3 Å². The minimum Gasteiger partial charge on any atom is -0.374 e. The Morgan fingerprint density at radius 3 is 2.50 bits per heavy atom. The highest BCUT2D eigenvalue weighted by atomic mass is 79.9. The van der Waals surface area contributed by atoms with Crippen molar-refractivity contribution in [3.05, 3.63) is 28.2 Å². The second-order valence-electron chi connectivity index (χ2n) is 5.78. The third kappa shape index (κ3) is 5.10. The van der Waals surface area contributed by atoms with Crippen molar-refractivity contribution in [1.29, 1.82) is 0 Å². The molecule has 0 aromatic heterocycles. The van der Waals surface area contributed by atoms with E-state index < -0.39 is 0 Å². The smallest absolute Gasteiger partial charge is 0.0375 e. The van der Waals surface area contributed by atoms with Gasteiger partial charge in [-0.05, 0) is 43.5 Å². The first-order chi connectivity index (χ1) is 9.49. The first-order valence-electron chi connectivity index (χ1n) is 7.73. The fourth-order valence-electron chi connectivity index (χ4n) is 2.28. The number of nitrogens with one attached hydrogen (secondary N) is 1. The molecule has 0 aliphatic carbocycles. The van der Waals surface area contributed by atoms with Crippen LogP contribution in [0, 0.1) is 5.92 Å². The maximum Gasteiger partial charge on any atom is 0.0375 e. The number of rotatable bonds is 8. The number of nitrogens with zero attached hydrogens (tertiary/aromatic N) is 1. The Balaban J connectivity index is 2.76. The lowest BCUT2D eigenvalue weighted by Gasteiger charge is -2.24. The third-order valence-electron chi connectivity index (χ3n) is 3.87. The Labute approximate surface area is 133 Å². The van der Waals surface area contributed by atoms with Crippen molar-refractivity contribution in [2.45, 2.75) is 46.6 Å². The number of benzene rings is 1. The fourth-order valence-corrected chi connectivity index (χ4v) is 2.99. The fraction of sp³-hybridized carbons (Fsp3) is 0.647. The van der Waals surface area contributed by atoms with E-state index in [2.05, 4.69) is 79.1 Å². The van der Waals surface area contributed by atoms with Gasteiger partial charge in [0.1, 0.15) is 0 Å². The number of halogens is 1. The molecule has 1 aromatic rings. The molecule has 2 nitrogen and oxygen atoms in total. The van der Waals surface area contributed by atoms with E-state index in [4.69, 9.17) is 0 Å². The van der Waals surface area contributed by atoms with Crippen LogP contribution in [-0.4, -0.2) is 20.1 Å². The van der Waals surface area contributed by atoms with Crippen molar-refractivity contribution in [3.63, 3.8) is 0 Å². The minimum absolute atomic E-state index is 0.387. The van der Waals surface area contributed by atoms with E-state index in [1.807, 2.05) is 0 Å². The van der Waals surface area contributed by atoms with Gasteiger partial charge in [-0.15, -0.1) is 0 Å². The minimum atomic E-state index is 0.387. The summed E-state index contributed by atoms with van der Waals surface area (Å²) in [6, 6.07) is 7.09. The van der Waals surface area contributed by atoms with Gasteiger partial charge in [0.25, 0.3) is 0 Å². The Morgan fingerprint density at radius 1 is 1.25 bits per heavy atom. The zero-order chi connectivity index (χ0) is 15.1. The molecular weight excluding hydrogens is 312 g/mol. The molecule has 0 saturated carbocycles. The molecule has 114 valence electrons. The van der Waals surface area contributed by atoms with Crippen molar-refractivity contribution >= 4 is 21.6 Å². The van der Waals surface area contributed by atoms with Crippen molar-refractivity contribution in [2.75, 3.05) is 25.0 Å². The summed E-state index contributed by atoms with van der Waals surface area (Å²) in [6.45, 7) is 11.1. The zero-order valence-electron chi connectivity index (χ0n) is 13.5. The van der Waals surface area contributed by atoms with Gasteiger partial charge in [0.05, 0.1) is 0 Å². The molecule has 1 aromatic carbocycles. The van der Waals surface area contributed by atoms with Crippen molar-refractivity contribution in [1.82, 2.24) is 5.32 Å². The first-order valence-corrected chi connectivity index (χ1v) is 8.52. The van der Waals surface area contributed by atoms with Gasteiger partial charge < -0.3 is 10.2 Å². The van der Waals surface area contributed by atoms with Crippen LogP contribution >= 0.6 is 15.9 Å². The second-order valence-corrected chi connectivity index (χ2v) is 6.63. The van der Waals surface area contributed by atoms with E-state index in [-0.39, 0.29) is 0 Å². The van der Waals surface area contributed by atoms with Crippen LogP contribution in [0.15, 0.2) is 22.7 Å². The molecular formula is C17H29BrN2. The van der Waals surface area contributed by atoms with Gasteiger partial charge in [-0.2, -0.15) is 0 Å². The number of hydrogen-bond donors (Lipinski definition) is 1. The maximum atomic E-state index is 3.72. The van der Waals surface area contributed by atoms with Crippen molar-refractivity contribution in [2.24, 2.45) is 5.92 Å². The molecule has 1 rings (SSSR count). The average Bonchev–Trinajstić information content (AvgIpc) is 2.44. The molecule has 0 heterocycles. The van der Waals surface area contributed by atoms with E-state index in [9.17, 15) is 0 Å². The quantitative estimate of drug-likeness (QED) is 0.716. The summed E-state index contributed by atoms with van der Waals surface area (Å²) in [5.74, 6) is 0.726. The lowest BCUT2D eigenvalue weighted by Crippen LogP contribution is -2.24. The summed E-state index contributed by atoms with van der Waals surface area (Å²) < 4.78 is 1.20. The van der Waals surface area contributed by atoms with Crippen LogP contribution in [0.25, 0.3) is 0 Å². The Morgan fingerprint density at radius 2 is 1.95 bits per heavy atom. The lowest BCUT2D eigenvalue weighted by molar-refractivity contribution is 0.559. The molecule has 0 amide bonds. The largest absolute Gasteiger partial charge is 0.374 e. The van der Waals surface area contributed by atoms with Crippen molar-refractivity contribution in [3.8, 4) is 0 Å². The highest BCUT2D eigenvalue weighted by Crippen LogP contribution is 2.28. The van der Waals surface area contributed by atoms with E-state index >= 15 is 0 Å². The molecule has 1 N–H and O–H groups in total. The summed E-state index contributed by atoms with van der Waals surface area (Å²) >= 11 is 3.72. The summed E-state index contributed by atoms with van der Waals surface area (Å²) in [6.07, 6.45) is 2.39. The molecule has 0 bridgehead atoms. The van der Waals surface area contributed by atoms with Gasteiger partial charge in [-0.25, -0.2) is 0 Å². The van der Waals surface area contributed by atoms with Crippen LogP contribution in [-0.2, 0) is 0 Å². The predicted octanol–water partition coefficient (Wildman–Crippen LogP) is 4.99. The molecule has 0 saturated heterocycles. The Kier molecular flexibility index (Phi) is 7.60. The molecule has 20 heavy (non-hydrogen) atoms. The summed E-state index contributed by atoms with van der Waals surface area (Å²) in [4.78, 5) is 2.34. The SMILES string of the molecule is CCCNC(C)c1ccc(N(C)CC(C)CC)cc1Br. The maximum absolute atomic E-state index is 3.72. The molecule has 0 fully saturated rings. The summed E-state index contributed by atoms with van der Waals surface area (Å²) in [7, 11) is 2.17. The van der Waals surface area contributed by atoms with E-state index in [1.165, 1.54) is 22.1 Å². The van der Waals surface area contributed by atoms with Crippen LogP contribution in [0.3, 0.4) is 0 Å². The number of hydrogen-bond acceptors (Lipinski definition) is 2. The van der Waals surface area contributed by atoms with Crippen LogP contribution in [0.5, 0.6) is 0 Å². The predicted molar refractivity (Wildman–Crippen MR) is 93.6 cm³/mol. The molecule has 0 radical (unpaired) electrons. The van der Waals surface area contributed by atoms with Crippen LogP contribution in [0.4, 0.5) is 5.69 Å². The van der Waals surface area contributed by atoms with Gasteiger partial charge in [0, 0.05) is 29.8 Å². The summed E-state index contributed by atoms with van der Waals surface area (Å²) in [5.41, 5.74) is 2.61. The zero-order valence-corrected chi connectivity index (χ0v) is 15.1. The Bertz CT molecular complexity index is 406. The molecule has 0 spiro atoms. The van der Waals surface area contributed by atoms with Gasteiger partial charge in [0.2, 0.25) is 0 Å². The molecule has 3 heteroatoms. The Hall–Kier alpha value is -0.540. The van der Waals surface area contributed by atoms with Gasteiger partial charge in [0.15, 0.2) is 0 Å². The van der Waals surface area contributed by atoms with Crippen molar-refractivity contribution < 1.29 is 0 Å². The average molecular weight is 341 g/mol. The highest BCUT2D eigenvalue weighted by molar-refractivity contribution is 9.10. The first kappa shape index (κ1) is 17.5. The lowest BCUT2D eigenvalue weighted by atomic mass is 10.1. The third-order valence-corrected chi connectivity index (χ3v) is 4.56. The second kappa shape index (κ2) is 8.68. The number of anilines is 1. The van der Waals surface area contributed by atoms with E-state index in [1.54, 1.807) is 0 Å². The van der Waals surface area contributed by atoms with Crippen LogP contribution in [0.2, 0.25) is 0 Å². The standard InChI is InChI=1S/C17H29BrN2/c1-6-10-19-14(4)16-9-8-15(11-17(16)18)20(5)12-13(3)7-2/h8-9,11,13-14,19H,6-7,10,12H2,1-5H3.